The molecule has 3 aromatic carbocycles. The molecule has 0 unspecified atom stereocenters. The summed E-state index contributed by atoms with van der Waals surface area (Å²) in [5, 5.41) is 11.8. The van der Waals surface area contributed by atoms with Gasteiger partial charge >= 0.3 is 5.97 Å². The third kappa shape index (κ3) is 4.44. The molecule has 30 heavy (non-hydrogen) atoms. The molecule has 4 rings (SSSR count). The molecule has 1 fully saturated rings. The fourth-order valence-corrected chi connectivity index (χ4v) is 5.86. The van der Waals surface area contributed by atoms with Gasteiger partial charge in [-0.15, -0.1) is 11.8 Å². The smallest absolute Gasteiger partial charge is 0.335 e. The average molecular weight is 419 g/mol. The molecule has 2 atom stereocenters. The number of rotatable bonds is 7. The minimum absolute atomic E-state index is 0.0170. The quantitative estimate of drug-likeness (QED) is 0.488. The molecule has 4 heteroatoms. The minimum atomic E-state index is -0.873. The SMILES string of the molecule is Cc1ccc(CCC[C@H]2CCC(=O)[C@@H]2Sc2cccc3ccccc23)cc1C(=O)O. The number of carboxylic acid groups (broad SMARTS) is 1. The number of carbonyl (C=O) groups is 2. The molecule has 3 aromatic rings. The predicted molar refractivity (Wildman–Crippen MR) is 122 cm³/mol. The lowest BCUT2D eigenvalue weighted by Gasteiger charge is -2.19. The van der Waals surface area contributed by atoms with Gasteiger partial charge in [-0.3, -0.25) is 4.79 Å². The van der Waals surface area contributed by atoms with Crippen LogP contribution in [0, 0.1) is 12.8 Å². The number of benzene rings is 3. The van der Waals surface area contributed by atoms with E-state index in [0.29, 0.717) is 23.7 Å². The molecule has 0 radical (unpaired) electrons. The maximum Gasteiger partial charge on any atom is 0.335 e. The Morgan fingerprint density at radius 1 is 1.10 bits per heavy atom. The Morgan fingerprint density at radius 3 is 2.73 bits per heavy atom. The Kier molecular flexibility index (Phi) is 6.24. The van der Waals surface area contributed by atoms with Gasteiger partial charge in [-0.05, 0) is 72.6 Å². The van der Waals surface area contributed by atoms with Crippen molar-refractivity contribution in [3.05, 3.63) is 77.4 Å². The highest BCUT2D eigenvalue weighted by Gasteiger charge is 2.35. The Balaban J connectivity index is 1.42. The van der Waals surface area contributed by atoms with Gasteiger partial charge < -0.3 is 5.11 Å². The molecule has 1 saturated carbocycles. The Morgan fingerprint density at radius 2 is 1.90 bits per heavy atom. The van der Waals surface area contributed by atoms with Gasteiger partial charge in [0.25, 0.3) is 0 Å². The number of aryl methyl sites for hydroxylation is 2. The zero-order valence-corrected chi connectivity index (χ0v) is 18.0. The van der Waals surface area contributed by atoms with Gasteiger partial charge in [0, 0.05) is 11.3 Å². The average Bonchev–Trinajstić information content (AvgIpc) is 3.09. The topological polar surface area (TPSA) is 54.4 Å². The Hall–Kier alpha value is -2.59. The van der Waals surface area contributed by atoms with E-state index in [1.165, 1.54) is 15.7 Å². The molecule has 0 aromatic heterocycles. The van der Waals surface area contributed by atoms with Crippen molar-refractivity contribution < 1.29 is 14.7 Å². The first-order valence-electron chi connectivity index (χ1n) is 10.5. The maximum absolute atomic E-state index is 12.6. The van der Waals surface area contributed by atoms with Crippen LogP contribution < -0.4 is 0 Å². The summed E-state index contributed by atoms with van der Waals surface area (Å²) in [5.74, 6) is -0.130. The number of fused-ring (bicyclic) bond motifs is 1. The molecule has 0 amide bonds. The standard InChI is InChI=1S/C26H26O3S/c1-17-12-13-18(16-22(17)26(28)29)6-4-9-20-14-15-23(27)25(20)30-24-11-5-8-19-7-2-3-10-21(19)24/h2-3,5,7-8,10-13,16,20,25H,4,6,9,14-15H2,1H3,(H,28,29)/t20-,25+/m0/s1. The van der Waals surface area contributed by atoms with Crippen molar-refractivity contribution in [2.75, 3.05) is 0 Å². The highest BCUT2D eigenvalue weighted by molar-refractivity contribution is 8.00. The number of carbonyl (C=O) groups excluding carboxylic acids is 1. The molecule has 0 saturated heterocycles. The van der Waals surface area contributed by atoms with E-state index in [1.807, 2.05) is 31.2 Å². The lowest BCUT2D eigenvalue weighted by molar-refractivity contribution is -0.117. The van der Waals surface area contributed by atoms with Gasteiger partial charge in [-0.25, -0.2) is 4.79 Å². The summed E-state index contributed by atoms with van der Waals surface area (Å²) >= 11 is 1.72. The number of hydrogen-bond acceptors (Lipinski definition) is 3. The third-order valence-electron chi connectivity index (χ3n) is 6.08. The number of Topliss-reactive ketones (excluding diaryl/α,β-unsaturated/α-hetero) is 1. The number of hydrogen-bond donors (Lipinski definition) is 1. The monoisotopic (exact) mass is 418 g/mol. The lowest BCUT2D eigenvalue weighted by atomic mass is 9.96. The van der Waals surface area contributed by atoms with Crippen LogP contribution in [-0.2, 0) is 11.2 Å². The summed E-state index contributed by atoms with van der Waals surface area (Å²) in [7, 11) is 0. The van der Waals surface area contributed by atoms with Crippen molar-refractivity contribution in [2.24, 2.45) is 5.92 Å². The first-order chi connectivity index (χ1) is 14.5. The Bertz CT molecular complexity index is 1080. The van der Waals surface area contributed by atoms with Crippen molar-refractivity contribution in [3.8, 4) is 0 Å². The first kappa shape index (κ1) is 20.7. The molecule has 3 nitrogen and oxygen atoms in total. The number of carboxylic acids is 1. The second-order valence-electron chi connectivity index (χ2n) is 8.13. The van der Waals surface area contributed by atoms with E-state index in [4.69, 9.17) is 0 Å². The van der Waals surface area contributed by atoms with Crippen molar-refractivity contribution >= 4 is 34.3 Å². The molecular weight excluding hydrogens is 392 g/mol. The summed E-state index contributed by atoms with van der Waals surface area (Å²) < 4.78 is 0. The fourth-order valence-electron chi connectivity index (χ4n) is 4.40. The van der Waals surface area contributed by atoms with E-state index >= 15 is 0 Å². The predicted octanol–water partition coefficient (Wildman–Crippen LogP) is 6.31. The number of aromatic carboxylic acids is 1. The second kappa shape index (κ2) is 9.05. The summed E-state index contributed by atoms with van der Waals surface area (Å²) in [4.78, 5) is 25.2. The highest BCUT2D eigenvalue weighted by atomic mass is 32.2. The van der Waals surface area contributed by atoms with Gasteiger partial charge in [0.1, 0.15) is 5.78 Å². The fraction of sp³-hybridized carbons (Fsp3) is 0.308. The minimum Gasteiger partial charge on any atom is -0.478 e. The normalized spacial score (nSPS) is 18.8. The van der Waals surface area contributed by atoms with Crippen molar-refractivity contribution in [2.45, 2.75) is 49.2 Å². The van der Waals surface area contributed by atoms with E-state index < -0.39 is 5.97 Å². The van der Waals surface area contributed by atoms with Crippen LogP contribution in [-0.4, -0.2) is 22.1 Å². The van der Waals surface area contributed by atoms with Crippen molar-refractivity contribution in [3.63, 3.8) is 0 Å². The maximum atomic E-state index is 12.6. The van der Waals surface area contributed by atoms with Gasteiger partial charge in [-0.2, -0.15) is 0 Å². The van der Waals surface area contributed by atoms with E-state index in [9.17, 15) is 14.7 Å². The zero-order chi connectivity index (χ0) is 21.1. The Labute approximate surface area is 181 Å². The van der Waals surface area contributed by atoms with Gasteiger partial charge in [0.15, 0.2) is 0 Å². The van der Waals surface area contributed by atoms with Crippen molar-refractivity contribution in [1.82, 2.24) is 0 Å². The van der Waals surface area contributed by atoms with E-state index in [-0.39, 0.29) is 5.25 Å². The van der Waals surface area contributed by atoms with Crippen LogP contribution in [0.1, 0.15) is 47.2 Å². The largest absolute Gasteiger partial charge is 0.478 e. The van der Waals surface area contributed by atoms with Crippen LogP contribution >= 0.6 is 11.8 Å². The molecule has 1 aliphatic carbocycles. The van der Waals surface area contributed by atoms with E-state index in [2.05, 4.69) is 30.3 Å². The van der Waals surface area contributed by atoms with Crippen LogP contribution in [0.3, 0.4) is 0 Å². The molecule has 0 bridgehead atoms. The molecular formula is C26H26O3S. The first-order valence-corrected chi connectivity index (χ1v) is 11.4. The zero-order valence-electron chi connectivity index (χ0n) is 17.1. The van der Waals surface area contributed by atoms with Gasteiger partial charge in [0.05, 0.1) is 10.8 Å². The summed E-state index contributed by atoms with van der Waals surface area (Å²) in [6.07, 6.45) is 4.42. The molecule has 0 spiro atoms. The van der Waals surface area contributed by atoms with Crippen LogP contribution in [0.25, 0.3) is 10.8 Å². The molecule has 1 aliphatic rings. The lowest BCUT2D eigenvalue weighted by Crippen LogP contribution is -2.17. The van der Waals surface area contributed by atoms with Gasteiger partial charge in [0.2, 0.25) is 0 Å². The highest BCUT2D eigenvalue weighted by Crippen LogP contribution is 2.41. The van der Waals surface area contributed by atoms with E-state index in [1.54, 1.807) is 17.8 Å². The third-order valence-corrected chi connectivity index (χ3v) is 7.59. The molecule has 0 aliphatic heterocycles. The van der Waals surface area contributed by atoms with Crippen LogP contribution in [0.5, 0.6) is 0 Å². The molecule has 0 heterocycles. The number of thioether (sulfide) groups is 1. The molecule has 154 valence electrons. The second-order valence-corrected chi connectivity index (χ2v) is 9.31. The summed E-state index contributed by atoms with van der Waals surface area (Å²) in [5.41, 5.74) is 2.23. The van der Waals surface area contributed by atoms with Crippen LogP contribution in [0.4, 0.5) is 0 Å². The van der Waals surface area contributed by atoms with E-state index in [0.717, 1.165) is 36.8 Å². The summed E-state index contributed by atoms with van der Waals surface area (Å²) in [6, 6.07) is 20.3. The summed E-state index contributed by atoms with van der Waals surface area (Å²) in [6.45, 7) is 1.83. The van der Waals surface area contributed by atoms with Crippen LogP contribution in [0.15, 0.2) is 65.6 Å². The van der Waals surface area contributed by atoms with Crippen molar-refractivity contribution in [1.29, 1.82) is 0 Å². The van der Waals surface area contributed by atoms with Gasteiger partial charge in [-0.1, -0.05) is 48.5 Å². The van der Waals surface area contributed by atoms with Crippen LogP contribution in [0.2, 0.25) is 0 Å². The molecule has 1 N–H and O–H groups in total. The number of ketones is 1.